The number of hydrazone groups is 1. The van der Waals surface area contributed by atoms with Gasteiger partial charge in [0.05, 0.1) is 29.7 Å². The van der Waals surface area contributed by atoms with Crippen molar-refractivity contribution in [2.24, 2.45) is 5.10 Å². The lowest BCUT2D eigenvalue weighted by Gasteiger charge is -2.22. The molecule has 0 heterocycles. The van der Waals surface area contributed by atoms with Crippen LogP contribution in [0, 0.1) is 10.1 Å². The van der Waals surface area contributed by atoms with Gasteiger partial charge in [-0.15, -0.1) is 0 Å². The number of amides is 1. The van der Waals surface area contributed by atoms with E-state index in [9.17, 15) is 23.3 Å². The van der Waals surface area contributed by atoms with Gasteiger partial charge >= 0.3 is 5.69 Å². The molecular formula is C23H19Cl3N4O6S. The van der Waals surface area contributed by atoms with E-state index < -0.39 is 27.4 Å². The molecule has 0 spiro atoms. The minimum Gasteiger partial charge on any atom is -0.490 e. The average molecular weight is 586 g/mol. The Labute approximate surface area is 227 Å². The van der Waals surface area contributed by atoms with E-state index in [-0.39, 0.29) is 27.9 Å². The summed E-state index contributed by atoms with van der Waals surface area (Å²) in [4.78, 5) is 23.1. The maximum absolute atomic E-state index is 13.3. The van der Waals surface area contributed by atoms with Gasteiger partial charge in [0.2, 0.25) is 10.0 Å². The minimum atomic E-state index is -4.16. The van der Waals surface area contributed by atoms with E-state index in [1.165, 1.54) is 61.9 Å². The van der Waals surface area contributed by atoms with Crippen molar-refractivity contribution in [3.05, 3.63) is 97.0 Å². The largest absolute Gasteiger partial charge is 0.490 e. The van der Waals surface area contributed by atoms with Crippen molar-refractivity contribution in [3.63, 3.8) is 0 Å². The van der Waals surface area contributed by atoms with E-state index in [0.29, 0.717) is 21.2 Å². The van der Waals surface area contributed by atoms with Gasteiger partial charge in [0.25, 0.3) is 5.91 Å². The highest BCUT2D eigenvalue weighted by Crippen LogP contribution is 2.27. The molecule has 14 heteroatoms. The van der Waals surface area contributed by atoms with Crippen LogP contribution in [-0.2, 0) is 21.4 Å². The summed E-state index contributed by atoms with van der Waals surface area (Å²) >= 11 is 18.0. The quantitative estimate of drug-likeness (QED) is 0.204. The normalized spacial score (nSPS) is 11.6. The highest BCUT2D eigenvalue weighted by atomic mass is 35.5. The summed E-state index contributed by atoms with van der Waals surface area (Å²) in [7, 11) is -2.85. The van der Waals surface area contributed by atoms with Crippen molar-refractivity contribution in [1.29, 1.82) is 0 Å². The van der Waals surface area contributed by atoms with Gasteiger partial charge in [0, 0.05) is 33.2 Å². The lowest BCUT2D eigenvalue weighted by atomic mass is 10.2. The number of hydrogen-bond donors (Lipinski definition) is 1. The van der Waals surface area contributed by atoms with Crippen molar-refractivity contribution >= 4 is 62.6 Å². The molecular weight excluding hydrogens is 567 g/mol. The van der Waals surface area contributed by atoms with Gasteiger partial charge in [-0.05, 0) is 54.1 Å². The number of halogens is 3. The van der Waals surface area contributed by atoms with Crippen LogP contribution in [0.4, 0.5) is 5.69 Å². The Balaban J connectivity index is 1.82. The topological polar surface area (TPSA) is 131 Å². The highest BCUT2D eigenvalue weighted by Gasteiger charge is 2.27. The van der Waals surface area contributed by atoms with Gasteiger partial charge in [-0.3, -0.25) is 14.9 Å². The molecule has 0 saturated carbocycles. The summed E-state index contributed by atoms with van der Waals surface area (Å²) in [5.74, 6) is -0.697. The molecule has 0 bridgehead atoms. The summed E-state index contributed by atoms with van der Waals surface area (Å²) in [5.41, 5.74) is 2.68. The first-order chi connectivity index (χ1) is 17.5. The second-order valence-corrected chi connectivity index (χ2v) is 10.7. The van der Waals surface area contributed by atoms with E-state index in [1.54, 1.807) is 12.1 Å². The highest BCUT2D eigenvalue weighted by molar-refractivity contribution is 7.89. The molecule has 0 aromatic heterocycles. The predicted octanol–water partition coefficient (Wildman–Crippen LogP) is 4.90. The van der Waals surface area contributed by atoms with Crippen LogP contribution in [0.5, 0.6) is 5.75 Å². The predicted molar refractivity (Wildman–Crippen MR) is 141 cm³/mol. The molecule has 0 atom stereocenters. The fourth-order valence-electron chi connectivity index (χ4n) is 3.13. The molecule has 0 aliphatic rings. The lowest BCUT2D eigenvalue weighted by molar-refractivity contribution is -0.385. The van der Waals surface area contributed by atoms with Crippen LogP contribution in [0.25, 0.3) is 0 Å². The molecule has 0 radical (unpaired) electrons. The minimum absolute atomic E-state index is 0.0649. The molecule has 0 fully saturated rings. The Hall–Kier alpha value is -3.22. The number of rotatable bonds is 10. The van der Waals surface area contributed by atoms with Crippen LogP contribution in [0.15, 0.2) is 70.7 Å². The van der Waals surface area contributed by atoms with Gasteiger partial charge in [-0.1, -0.05) is 40.9 Å². The summed E-state index contributed by atoms with van der Waals surface area (Å²) in [6.45, 7) is -0.840. The lowest BCUT2D eigenvalue weighted by Crippen LogP contribution is -2.39. The molecule has 3 aromatic rings. The molecule has 0 aliphatic carbocycles. The van der Waals surface area contributed by atoms with Gasteiger partial charge < -0.3 is 4.74 Å². The number of nitro groups is 1. The number of hydrogen-bond acceptors (Lipinski definition) is 7. The monoisotopic (exact) mass is 584 g/mol. The second-order valence-electron chi connectivity index (χ2n) is 7.44. The Kier molecular flexibility index (Phi) is 9.46. The van der Waals surface area contributed by atoms with E-state index >= 15 is 0 Å². The average Bonchev–Trinajstić information content (AvgIpc) is 2.85. The molecule has 0 aliphatic heterocycles. The third kappa shape index (κ3) is 7.40. The van der Waals surface area contributed by atoms with E-state index in [1.807, 2.05) is 0 Å². The second kappa shape index (κ2) is 12.3. The summed E-state index contributed by atoms with van der Waals surface area (Å²) in [5, 5.41) is 15.9. The third-order valence-corrected chi connectivity index (χ3v) is 7.58. The molecule has 37 heavy (non-hydrogen) atoms. The molecule has 1 N–H and O–H groups in total. The Morgan fingerprint density at radius 3 is 2.38 bits per heavy atom. The fourth-order valence-corrected chi connectivity index (χ4v) is 5.09. The number of methoxy groups -OCH3 is 1. The third-order valence-electron chi connectivity index (χ3n) is 4.94. The van der Waals surface area contributed by atoms with Crippen molar-refractivity contribution < 1.29 is 22.9 Å². The Morgan fingerprint density at radius 1 is 1.08 bits per heavy atom. The maximum Gasteiger partial charge on any atom is 0.311 e. The SMILES string of the molecule is COc1ccc(/C=N\NC(=O)CN(Cc2ccc(Cl)cc2Cl)S(=O)(=O)c2ccc(Cl)cc2)cc1[N+](=O)[O-]. The van der Waals surface area contributed by atoms with Crippen molar-refractivity contribution in [2.45, 2.75) is 11.4 Å². The smallest absolute Gasteiger partial charge is 0.311 e. The van der Waals surface area contributed by atoms with Gasteiger partial charge in [-0.25, -0.2) is 13.8 Å². The van der Waals surface area contributed by atoms with Crippen LogP contribution >= 0.6 is 34.8 Å². The zero-order valence-corrected chi connectivity index (χ0v) is 22.2. The molecule has 10 nitrogen and oxygen atoms in total. The van der Waals surface area contributed by atoms with Crippen LogP contribution < -0.4 is 10.2 Å². The first kappa shape index (κ1) is 28.4. The Bertz CT molecular complexity index is 1450. The molecule has 0 unspecified atom stereocenters. The Morgan fingerprint density at radius 2 is 1.76 bits per heavy atom. The molecule has 0 saturated heterocycles. The number of nitrogens with one attached hydrogen (secondary N) is 1. The van der Waals surface area contributed by atoms with E-state index in [0.717, 1.165) is 4.31 Å². The van der Waals surface area contributed by atoms with Gasteiger partial charge in [0.15, 0.2) is 5.75 Å². The summed E-state index contributed by atoms with van der Waals surface area (Å²) < 4.78 is 32.5. The molecule has 3 aromatic carbocycles. The molecule has 3 rings (SSSR count). The maximum atomic E-state index is 13.3. The van der Waals surface area contributed by atoms with Crippen LogP contribution in [0.2, 0.25) is 15.1 Å². The number of benzene rings is 3. The molecule has 1 amide bonds. The number of ether oxygens (including phenoxy) is 1. The van der Waals surface area contributed by atoms with Crippen LogP contribution in [0.1, 0.15) is 11.1 Å². The van der Waals surface area contributed by atoms with Crippen LogP contribution in [-0.4, -0.2) is 43.4 Å². The summed E-state index contributed by atoms with van der Waals surface area (Å²) in [6, 6.07) is 14.1. The number of sulfonamides is 1. The standard InChI is InChI=1S/C23H19Cl3N4O6S/c1-36-22-9-2-15(10-21(22)30(32)33)12-27-28-23(31)14-29(13-16-3-4-18(25)11-20(16)26)37(34,35)19-7-5-17(24)6-8-19/h2-12H,13-14H2,1H3,(H,28,31)/b27-12-. The number of nitrogens with zero attached hydrogens (tertiary/aromatic N) is 3. The van der Waals surface area contributed by atoms with Crippen LogP contribution in [0.3, 0.4) is 0 Å². The number of carbonyl (C=O) groups excluding carboxylic acids is 1. The number of nitro benzene ring substituents is 1. The zero-order valence-electron chi connectivity index (χ0n) is 19.1. The van der Waals surface area contributed by atoms with E-state index in [2.05, 4.69) is 10.5 Å². The number of carbonyl (C=O) groups is 1. The van der Waals surface area contributed by atoms with Crippen molar-refractivity contribution in [3.8, 4) is 5.75 Å². The first-order valence-corrected chi connectivity index (χ1v) is 12.9. The zero-order chi connectivity index (χ0) is 27.2. The molecule has 194 valence electrons. The van der Waals surface area contributed by atoms with Crippen molar-refractivity contribution in [2.75, 3.05) is 13.7 Å². The van der Waals surface area contributed by atoms with E-state index in [4.69, 9.17) is 39.5 Å². The van der Waals surface area contributed by atoms with Gasteiger partial charge in [0.1, 0.15) is 0 Å². The fraction of sp³-hybridized carbons (Fsp3) is 0.130. The first-order valence-electron chi connectivity index (χ1n) is 10.3. The summed E-state index contributed by atoms with van der Waals surface area (Å²) in [6.07, 6.45) is 1.18. The van der Waals surface area contributed by atoms with Crippen molar-refractivity contribution in [1.82, 2.24) is 9.73 Å². The van der Waals surface area contributed by atoms with Gasteiger partial charge in [-0.2, -0.15) is 9.41 Å².